The van der Waals surface area contributed by atoms with E-state index in [1.165, 1.54) is 12.1 Å². The molecule has 3 nitrogen and oxygen atoms in total. The molecule has 0 bridgehead atoms. The predicted octanol–water partition coefficient (Wildman–Crippen LogP) is 2.07. The molecule has 0 amide bonds. The molecule has 1 heterocycles. The van der Waals surface area contributed by atoms with Gasteiger partial charge in [-0.05, 0) is 13.1 Å². The van der Waals surface area contributed by atoms with Crippen molar-refractivity contribution >= 4 is 22.6 Å². The van der Waals surface area contributed by atoms with Crippen molar-refractivity contribution < 1.29 is 4.39 Å². The molecule has 1 aromatic carbocycles. The highest BCUT2D eigenvalue weighted by Gasteiger charge is 2.06. The molecule has 0 saturated heterocycles. The zero-order chi connectivity index (χ0) is 10.1. The van der Waals surface area contributed by atoms with Crippen LogP contribution in [0.5, 0.6) is 0 Å². The second-order valence-electron chi connectivity index (χ2n) is 3.00. The number of nitrogens with one attached hydrogen (secondary N) is 2. The fraction of sp³-hybridized carbons (Fsp3) is 0.222. The third-order valence-electron chi connectivity index (χ3n) is 1.92. The van der Waals surface area contributed by atoms with Crippen molar-refractivity contribution in [3.8, 4) is 0 Å². The van der Waals surface area contributed by atoms with Gasteiger partial charge in [-0.15, -0.1) is 0 Å². The Morgan fingerprint density at radius 3 is 3.07 bits per heavy atom. The molecular formula is C9H9ClFN3. The van der Waals surface area contributed by atoms with Crippen LogP contribution in [0.4, 0.5) is 4.39 Å². The van der Waals surface area contributed by atoms with Gasteiger partial charge in [-0.1, -0.05) is 11.6 Å². The normalized spacial score (nSPS) is 11.1. The summed E-state index contributed by atoms with van der Waals surface area (Å²) in [5, 5.41) is 3.05. The van der Waals surface area contributed by atoms with Gasteiger partial charge in [-0.25, -0.2) is 9.37 Å². The fourth-order valence-electron chi connectivity index (χ4n) is 1.31. The number of hydrogen-bond donors (Lipinski definition) is 2. The van der Waals surface area contributed by atoms with E-state index >= 15 is 0 Å². The van der Waals surface area contributed by atoms with E-state index in [-0.39, 0.29) is 5.02 Å². The van der Waals surface area contributed by atoms with E-state index < -0.39 is 5.82 Å². The molecule has 74 valence electrons. The van der Waals surface area contributed by atoms with Crippen LogP contribution in [0, 0.1) is 5.82 Å². The third kappa shape index (κ3) is 1.58. The molecule has 2 rings (SSSR count). The maximum Gasteiger partial charge on any atom is 0.144 e. The monoisotopic (exact) mass is 213 g/mol. The molecule has 14 heavy (non-hydrogen) atoms. The first-order valence-corrected chi connectivity index (χ1v) is 4.56. The van der Waals surface area contributed by atoms with Gasteiger partial charge in [-0.3, -0.25) is 0 Å². The lowest BCUT2D eigenvalue weighted by atomic mass is 10.3. The minimum Gasteiger partial charge on any atom is -0.341 e. The van der Waals surface area contributed by atoms with Crippen LogP contribution in [0.3, 0.4) is 0 Å². The summed E-state index contributed by atoms with van der Waals surface area (Å²) in [5.41, 5.74) is 1.35. The largest absolute Gasteiger partial charge is 0.341 e. The number of fused-ring (bicyclic) bond motifs is 1. The molecule has 0 spiro atoms. The van der Waals surface area contributed by atoms with Gasteiger partial charge < -0.3 is 10.3 Å². The Bertz CT molecular complexity index is 427. The Morgan fingerprint density at radius 1 is 1.57 bits per heavy atom. The van der Waals surface area contributed by atoms with Gasteiger partial charge in [-0.2, -0.15) is 0 Å². The smallest absolute Gasteiger partial charge is 0.144 e. The molecule has 0 aliphatic rings. The van der Waals surface area contributed by atoms with Gasteiger partial charge in [0.15, 0.2) is 0 Å². The molecule has 0 unspecified atom stereocenters. The predicted molar refractivity (Wildman–Crippen MR) is 53.8 cm³/mol. The maximum absolute atomic E-state index is 13.0. The maximum atomic E-state index is 13.0. The van der Waals surface area contributed by atoms with E-state index in [0.717, 1.165) is 5.82 Å². The van der Waals surface area contributed by atoms with Gasteiger partial charge in [0.2, 0.25) is 0 Å². The highest BCUT2D eigenvalue weighted by molar-refractivity contribution is 6.31. The van der Waals surface area contributed by atoms with E-state index in [1.807, 2.05) is 7.05 Å². The van der Waals surface area contributed by atoms with Crippen LogP contribution >= 0.6 is 11.6 Å². The number of aromatic amines is 1. The lowest BCUT2D eigenvalue weighted by Gasteiger charge is -1.91. The van der Waals surface area contributed by atoms with Crippen LogP contribution < -0.4 is 5.32 Å². The Balaban J connectivity index is 2.54. The molecule has 1 aromatic heterocycles. The number of benzene rings is 1. The number of halogens is 2. The van der Waals surface area contributed by atoms with E-state index in [9.17, 15) is 4.39 Å². The summed E-state index contributed by atoms with van der Waals surface area (Å²) in [6.45, 7) is 0.619. The summed E-state index contributed by atoms with van der Waals surface area (Å²) in [6, 6.07) is 2.87. The zero-order valence-corrected chi connectivity index (χ0v) is 8.32. The minimum absolute atomic E-state index is 0.0972. The van der Waals surface area contributed by atoms with Gasteiger partial charge in [0, 0.05) is 6.07 Å². The minimum atomic E-state index is -0.432. The van der Waals surface area contributed by atoms with Crippen LogP contribution in [0.2, 0.25) is 5.02 Å². The van der Waals surface area contributed by atoms with Crippen LogP contribution in [0.1, 0.15) is 5.82 Å². The van der Waals surface area contributed by atoms with E-state index in [2.05, 4.69) is 15.3 Å². The molecule has 0 atom stereocenters. The van der Waals surface area contributed by atoms with Crippen molar-refractivity contribution in [3.63, 3.8) is 0 Å². The first-order chi connectivity index (χ1) is 6.70. The first kappa shape index (κ1) is 9.43. The summed E-state index contributed by atoms with van der Waals surface area (Å²) in [5.74, 6) is 0.336. The van der Waals surface area contributed by atoms with Gasteiger partial charge in [0.05, 0.1) is 22.6 Å². The zero-order valence-electron chi connectivity index (χ0n) is 7.56. The van der Waals surface area contributed by atoms with Gasteiger partial charge in [0.1, 0.15) is 11.6 Å². The van der Waals surface area contributed by atoms with E-state index in [1.54, 1.807) is 0 Å². The summed E-state index contributed by atoms with van der Waals surface area (Å²) >= 11 is 5.63. The molecule has 5 heteroatoms. The second-order valence-corrected chi connectivity index (χ2v) is 3.40. The summed E-state index contributed by atoms with van der Waals surface area (Å²) in [7, 11) is 1.82. The molecule has 0 fully saturated rings. The van der Waals surface area contributed by atoms with Gasteiger partial charge >= 0.3 is 0 Å². The standard InChI is InChI=1S/C9H9ClFN3/c1-12-4-9-13-7-2-5(10)6(11)3-8(7)14-9/h2-3,12H,4H2,1H3,(H,13,14). The molecule has 0 saturated carbocycles. The molecule has 0 aliphatic carbocycles. The first-order valence-electron chi connectivity index (χ1n) is 4.19. The van der Waals surface area contributed by atoms with Crippen molar-refractivity contribution in [2.45, 2.75) is 6.54 Å². The van der Waals surface area contributed by atoms with Crippen LogP contribution in [-0.2, 0) is 6.54 Å². The number of aromatic nitrogens is 2. The highest BCUT2D eigenvalue weighted by atomic mass is 35.5. The summed E-state index contributed by atoms with van der Waals surface area (Å²) in [4.78, 5) is 7.23. The fourth-order valence-corrected chi connectivity index (χ4v) is 1.47. The van der Waals surface area contributed by atoms with E-state index in [4.69, 9.17) is 11.6 Å². The molecule has 2 aromatic rings. The average molecular weight is 214 g/mol. The molecular weight excluding hydrogens is 205 g/mol. The van der Waals surface area contributed by atoms with Crippen molar-refractivity contribution in [2.24, 2.45) is 0 Å². The molecule has 0 radical (unpaired) electrons. The van der Waals surface area contributed by atoms with Crippen LogP contribution in [0.25, 0.3) is 11.0 Å². The second kappa shape index (κ2) is 3.55. The van der Waals surface area contributed by atoms with Crippen LogP contribution in [-0.4, -0.2) is 17.0 Å². The third-order valence-corrected chi connectivity index (χ3v) is 2.21. The molecule has 0 aliphatic heterocycles. The van der Waals surface area contributed by atoms with Crippen molar-refractivity contribution in [3.05, 3.63) is 28.8 Å². The Kier molecular flexibility index (Phi) is 2.39. The highest BCUT2D eigenvalue weighted by Crippen LogP contribution is 2.21. The van der Waals surface area contributed by atoms with Crippen LogP contribution in [0.15, 0.2) is 12.1 Å². The lowest BCUT2D eigenvalue weighted by molar-refractivity contribution is 0.630. The van der Waals surface area contributed by atoms with Gasteiger partial charge in [0.25, 0.3) is 0 Å². The Morgan fingerprint density at radius 2 is 2.36 bits per heavy atom. The Hall–Kier alpha value is -1.13. The topological polar surface area (TPSA) is 40.7 Å². The Labute approximate surface area is 85.3 Å². The van der Waals surface area contributed by atoms with Crippen molar-refractivity contribution in [1.29, 1.82) is 0 Å². The molecule has 2 N–H and O–H groups in total. The summed E-state index contributed by atoms with van der Waals surface area (Å²) < 4.78 is 13.0. The van der Waals surface area contributed by atoms with E-state index in [0.29, 0.717) is 17.6 Å². The number of hydrogen-bond acceptors (Lipinski definition) is 2. The number of imidazole rings is 1. The van der Waals surface area contributed by atoms with Crippen molar-refractivity contribution in [1.82, 2.24) is 15.3 Å². The average Bonchev–Trinajstić information content (AvgIpc) is 2.48. The van der Waals surface area contributed by atoms with Crippen molar-refractivity contribution in [2.75, 3.05) is 7.05 Å². The summed E-state index contributed by atoms with van der Waals surface area (Å²) in [6.07, 6.45) is 0. The number of H-pyrrole nitrogens is 1. The quantitative estimate of drug-likeness (QED) is 0.802. The lowest BCUT2D eigenvalue weighted by Crippen LogP contribution is -2.06. The number of nitrogens with zero attached hydrogens (tertiary/aromatic N) is 1. The number of rotatable bonds is 2. The SMILES string of the molecule is CNCc1nc2cc(Cl)c(F)cc2[nH]1.